The van der Waals surface area contributed by atoms with E-state index in [0.29, 0.717) is 16.7 Å². The van der Waals surface area contributed by atoms with Gasteiger partial charge >= 0.3 is 0 Å². The Hall–Kier alpha value is -3.46. The van der Waals surface area contributed by atoms with E-state index in [9.17, 15) is 19.2 Å². The zero-order chi connectivity index (χ0) is 24.3. The number of Topliss-reactive ketones (excluding diaryl/α,β-unsaturated/α-hetero) is 4. The second-order valence-electron chi connectivity index (χ2n) is 9.86. The largest absolute Gasteiger partial charge is 0.299 e. The molecular weight excluding hydrogens is 404 g/mol. The first-order chi connectivity index (χ1) is 14.7. The summed E-state index contributed by atoms with van der Waals surface area (Å²) < 4.78 is 0. The van der Waals surface area contributed by atoms with Crippen LogP contribution in [-0.2, 0) is 9.59 Å². The number of pyridine rings is 1. The SMILES string of the molecule is CC(C)(C)C(=O)CC(=O)c1cc(-c2ccc(C#N)cc2)cc(C(=O)CC(=O)C(C)(C)C)n1. The summed E-state index contributed by atoms with van der Waals surface area (Å²) in [5, 5.41) is 9.02. The highest BCUT2D eigenvalue weighted by Gasteiger charge is 2.27. The zero-order valence-electron chi connectivity index (χ0n) is 19.4. The number of carbonyl (C=O) groups excluding carboxylic acids is 4. The lowest BCUT2D eigenvalue weighted by atomic mass is 9.87. The number of aromatic nitrogens is 1. The van der Waals surface area contributed by atoms with Crippen molar-refractivity contribution >= 4 is 23.1 Å². The summed E-state index contributed by atoms with van der Waals surface area (Å²) in [5.74, 6) is -1.44. The lowest BCUT2D eigenvalue weighted by molar-refractivity contribution is -0.126. The Balaban J connectivity index is 2.50. The Labute approximate surface area is 188 Å². The third-order valence-corrected chi connectivity index (χ3v) is 5.06. The van der Waals surface area contributed by atoms with Crippen LogP contribution >= 0.6 is 0 Å². The van der Waals surface area contributed by atoms with Crippen molar-refractivity contribution in [3.05, 3.63) is 53.3 Å². The van der Waals surface area contributed by atoms with Gasteiger partial charge in [-0.05, 0) is 35.4 Å². The monoisotopic (exact) mass is 432 g/mol. The molecule has 2 rings (SSSR count). The van der Waals surface area contributed by atoms with Gasteiger partial charge in [-0.15, -0.1) is 0 Å². The molecule has 1 aromatic heterocycles. The predicted molar refractivity (Wildman–Crippen MR) is 121 cm³/mol. The molecule has 0 saturated carbocycles. The normalized spacial score (nSPS) is 11.5. The molecule has 0 aliphatic carbocycles. The molecule has 1 aromatic carbocycles. The third-order valence-electron chi connectivity index (χ3n) is 5.06. The molecule has 0 aliphatic rings. The number of hydrogen-bond donors (Lipinski definition) is 0. The number of rotatable bonds is 7. The summed E-state index contributed by atoms with van der Waals surface area (Å²) in [7, 11) is 0. The number of hydrogen-bond acceptors (Lipinski definition) is 6. The smallest absolute Gasteiger partial charge is 0.188 e. The van der Waals surface area contributed by atoms with E-state index in [0.717, 1.165) is 0 Å². The van der Waals surface area contributed by atoms with Gasteiger partial charge in [0.1, 0.15) is 23.0 Å². The fraction of sp³-hybridized carbons (Fsp3) is 0.385. The summed E-state index contributed by atoms with van der Waals surface area (Å²) in [6, 6.07) is 11.8. The molecule has 6 nitrogen and oxygen atoms in total. The van der Waals surface area contributed by atoms with E-state index >= 15 is 0 Å². The maximum absolute atomic E-state index is 12.8. The highest BCUT2D eigenvalue weighted by atomic mass is 16.2. The van der Waals surface area contributed by atoms with Gasteiger partial charge in [-0.1, -0.05) is 53.7 Å². The molecule has 166 valence electrons. The fourth-order valence-corrected chi connectivity index (χ4v) is 2.72. The minimum Gasteiger partial charge on any atom is -0.299 e. The van der Waals surface area contributed by atoms with Crippen LogP contribution < -0.4 is 0 Å². The van der Waals surface area contributed by atoms with Gasteiger partial charge in [-0.2, -0.15) is 5.26 Å². The first-order valence-corrected chi connectivity index (χ1v) is 10.4. The highest BCUT2D eigenvalue weighted by Crippen LogP contribution is 2.25. The maximum Gasteiger partial charge on any atom is 0.188 e. The molecule has 0 unspecified atom stereocenters. The van der Waals surface area contributed by atoms with Gasteiger partial charge in [0.15, 0.2) is 11.6 Å². The van der Waals surface area contributed by atoms with Crippen LogP contribution in [-0.4, -0.2) is 28.1 Å². The van der Waals surface area contributed by atoms with Gasteiger partial charge < -0.3 is 0 Å². The molecule has 0 bridgehead atoms. The molecule has 6 heteroatoms. The quantitative estimate of drug-likeness (QED) is 0.450. The number of nitrogens with zero attached hydrogens (tertiary/aromatic N) is 2. The molecule has 1 heterocycles. The van der Waals surface area contributed by atoms with Crippen LogP contribution in [0.25, 0.3) is 11.1 Å². The van der Waals surface area contributed by atoms with E-state index in [2.05, 4.69) is 4.98 Å². The second kappa shape index (κ2) is 9.35. The Morgan fingerprint density at radius 2 is 1.16 bits per heavy atom. The van der Waals surface area contributed by atoms with Gasteiger partial charge in [-0.25, -0.2) is 4.98 Å². The first kappa shape index (κ1) is 24.8. The molecule has 0 radical (unpaired) electrons. The van der Waals surface area contributed by atoms with Crippen molar-refractivity contribution < 1.29 is 19.2 Å². The number of benzene rings is 1. The van der Waals surface area contributed by atoms with E-state index in [1.807, 2.05) is 6.07 Å². The van der Waals surface area contributed by atoms with Gasteiger partial charge in [0.25, 0.3) is 0 Å². The molecule has 0 fully saturated rings. The van der Waals surface area contributed by atoms with Gasteiger partial charge in [0, 0.05) is 10.8 Å². The van der Waals surface area contributed by atoms with E-state index in [1.54, 1.807) is 65.8 Å². The van der Waals surface area contributed by atoms with Crippen LogP contribution in [0.1, 0.15) is 80.9 Å². The zero-order valence-corrected chi connectivity index (χ0v) is 19.4. The molecule has 0 aliphatic heterocycles. The third kappa shape index (κ3) is 6.27. The van der Waals surface area contributed by atoms with Crippen LogP contribution in [0, 0.1) is 22.2 Å². The van der Waals surface area contributed by atoms with Crippen LogP contribution in [0.5, 0.6) is 0 Å². The lowest BCUT2D eigenvalue weighted by Gasteiger charge is -2.17. The van der Waals surface area contributed by atoms with Crippen molar-refractivity contribution in [2.45, 2.75) is 54.4 Å². The van der Waals surface area contributed by atoms with E-state index in [1.165, 1.54) is 12.1 Å². The molecule has 32 heavy (non-hydrogen) atoms. The highest BCUT2D eigenvalue weighted by molar-refractivity contribution is 6.11. The average Bonchev–Trinajstić information content (AvgIpc) is 2.71. The predicted octanol–water partition coefficient (Wildman–Crippen LogP) is 5.00. The first-order valence-electron chi connectivity index (χ1n) is 10.4. The number of ketones is 4. The second-order valence-corrected chi connectivity index (χ2v) is 9.86. The van der Waals surface area contributed by atoms with Gasteiger partial charge in [-0.3, -0.25) is 19.2 Å². The minimum absolute atomic E-state index is 0.00369. The van der Waals surface area contributed by atoms with E-state index < -0.39 is 22.4 Å². The maximum atomic E-state index is 12.8. The average molecular weight is 433 g/mol. The molecule has 2 aromatic rings. The Morgan fingerprint density at radius 3 is 1.50 bits per heavy atom. The van der Waals surface area contributed by atoms with Crippen LogP contribution in [0.4, 0.5) is 0 Å². The summed E-state index contributed by atoms with van der Waals surface area (Å²) in [6.07, 6.45) is -0.663. The lowest BCUT2D eigenvalue weighted by Crippen LogP contribution is -2.25. The summed E-state index contributed by atoms with van der Waals surface area (Å²) in [4.78, 5) is 54.6. The van der Waals surface area contributed by atoms with Crippen LogP contribution in [0.2, 0.25) is 0 Å². The van der Waals surface area contributed by atoms with Crippen molar-refractivity contribution in [2.75, 3.05) is 0 Å². The van der Waals surface area contributed by atoms with Crippen LogP contribution in [0.3, 0.4) is 0 Å². The van der Waals surface area contributed by atoms with Crippen molar-refractivity contribution in [1.82, 2.24) is 4.98 Å². The molecule has 0 saturated heterocycles. The molecule has 0 N–H and O–H groups in total. The molecular formula is C26H28N2O4. The summed E-state index contributed by atoms with van der Waals surface area (Å²) >= 11 is 0. The van der Waals surface area contributed by atoms with Crippen molar-refractivity contribution in [3.8, 4) is 17.2 Å². The fourth-order valence-electron chi connectivity index (χ4n) is 2.72. The summed E-state index contributed by atoms with van der Waals surface area (Å²) in [5.41, 5.74) is 0.325. The van der Waals surface area contributed by atoms with Crippen molar-refractivity contribution in [3.63, 3.8) is 0 Å². The molecule has 0 amide bonds. The minimum atomic E-state index is -0.682. The van der Waals surface area contributed by atoms with E-state index in [-0.39, 0.29) is 35.8 Å². The summed E-state index contributed by atoms with van der Waals surface area (Å²) in [6.45, 7) is 10.4. The molecule has 0 spiro atoms. The van der Waals surface area contributed by atoms with E-state index in [4.69, 9.17) is 5.26 Å². The number of nitriles is 1. The Kier molecular flexibility index (Phi) is 7.25. The Morgan fingerprint density at radius 1 is 0.750 bits per heavy atom. The standard InChI is InChI=1S/C26H28N2O4/c1-25(2,3)23(31)13-21(29)19-11-18(17-9-7-16(15-27)8-10-17)12-20(28-19)22(30)14-24(32)26(4,5)6/h7-12H,13-14H2,1-6H3. The van der Waals surface area contributed by atoms with Crippen LogP contribution in [0.15, 0.2) is 36.4 Å². The molecule has 0 atom stereocenters. The topological polar surface area (TPSA) is 105 Å². The van der Waals surface area contributed by atoms with Gasteiger partial charge in [0.2, 0.25) is 0 Å². The van der Waals surface area contributed by atoms with Gasteiger partial charge in [0.05, 0.1) is 24.5 Å². The number of carbonyl (C=O) groups is 4. The van der Waals surface area contributed by atoms with Crippen molar-refractivity contribution in [1.29, 1.82) is 5.26 Å². The van der Waals surface area contributed by atoms with Crippen molar-refractivity contribution in [2.24, 2.45) is 10.8 Å². The Bertz CT molecular complexity index is 1050.